The van der Waals surface area contributed by atoms with E-state index < -0.39 is 30.4 Å². The second-order valence-electron chi connectivity index (χ2n) is 4.55. The summed E-state index contributed by atoms with van der Waals surface area (Å²) in [6.45, 7) is 4.76. The Morgan fingerprint density at radius 3 is 2.43 bits per heavy atom. The molecule has 0 bridgehead atoms. The van der Waals surface area contributed by atoms with Crippen LogP contribution in [0.2, 0.25) is 0 Å². The van der Waals surface area contributed by atoms with Crippen molar-refractivity contribution in [2.75, 3.05) is 13.2 Å². The summed E-state index contributed by atoms with van der Waals surface area (Å²) in [4.78, 5) is 33.6. The summed E-state index contributed by atoms with van der Waals surface area (Å²) < 4.78 is 15.0. The largest absolute Gasteiger partial charge is 0.490 e. The van der Waals surface area contributed by atoms with Crippen molar-refractivity contribution in [2.24, 2.45) is 0 Å². The molecule has 7 nitrogen and oxygen atoms in total. The molecule has 1 rings (SSSR count). The molecule has 0 radical (unpaired) electrons. The maximum atomic E-state index is 11.6. The van der Waals surface area contributed by atoms with E-state index in [2.05, 4.69) is 6.58 Å². The van der Waals surface area contributed by atoms with Crippen LogP contribution in [0.25, 0.3) is 0 Å². The van der Waals surface area contributed by atoms with Crippen LogP contribution in [0, 0.1) is 0 Å². The van der Waals surface area contributed by atoms with Gasteiger partial charge < -0.3 is 19.3 Å². The predicted octanol–water partition coefficient (Wildman–Crippen LogP) is 1.57. The number of benzene rings is 1. The van der Waals surface area contributed by atoms with Gasteiger partial charge >= 0.3 is 17.9 Å². The monoisotopic (exact) mass is 322 g/mol. The molecule has 124 valence electrons. The van der Waals surface area contributed by atoms with E-state index in [9.17, 15) is 14.4 Å². The van der Waals surface area contributed by atoms with Crippen LogP contribution < -0.4 is 4.74 Å². The van der Waals surface area contributed by atoms with E-state index in [1.807, 2.05) is 18.2 Å². The summed E-state index contributed by atoms with van der Waals surface area (Å²) >= 11 is 0. The molecule has 0 aliphatic heterocycles. The molecule has 0 saturated carbocycles. The van der Waals surface area contributed by atoms with Gasteiger partial charge in [0.25, 0.3) is 0 Å². The number of carbonyl (C=O) groups is 3. The minimum atomic E-state index is -1.21. The highest BCUT2D eigenvalue weighted by atomic mass is 16.6. The van der Waals surface area contributed by atoms with Gasteiger partial charge in [-0.15, -0.1) is 0 Å². The van der Waals surface area contributed by atoms with Crippen molar-refractivity contribution in [3.8, 4) is 5.75 Å². The van der Waals surface area contributed by atoms with Gasteiger partial charge in [-0.3, -0.25) is 4.79 Å². The number of rotatable bonds is 9. The number of hydrogen-bond acceptors (Lipinski definition) is 6. The minimum Gasteiger partial charge on any atom is -0.490 e. The number of carboxylic acids is 1. The fourth-order valence-electron chi connectivity index (χ4n) is 1.48. The van der Waals surface area contributed by atoms with E-state index in [0.717, 1.165) is 0 Å². The highest BCUT2D eigenvalue weighted by Gasteiger charge is 2.21. The zero-order valence-corrected chi connectivity index (χ0v) is 12.7. The third-order valence-electron chi connectivity index (χ3n) is 2.61. The Hall–Kier alpha value is -2.83. The topological polar surface area (TPSA) is 99.1 Å². The van der Waals surface area contributed by atoms with E-state index in [4.69, 9.17) is 19.3 Å². The third-order valence-corrected chi connectivity index (χ3v) is 2.61. The van der Waals surface area contributed by atoms with Gasteiger partial charge in [-0.1, -0.05) is 24.8 Å². The van der Waals surface area contributed by atoms with Gasteiger partial charge in [0.1, 0.15) is 19.0 Å². The number of aliphatic carboxylic acids is 1. The van der Waals surface area contributed by atoms with Crippen molar-refractivity contribution in [3.05, 3.63) is 42.5 Å². The average molecular weight is 322 g/mol. The fraction of sp³-hybridized carbons (Fsp3) is 0.312. The summed E-state index contributed by atoms with van der Waals surface area (Å²) in [7, 11) is 0. The standard InChI is InChI=1S/C16H18O7/c1-11(10-14(17)18)15(19)23-12(2)16(20)22-9-8-21-13-6-4-3-5-7-13/h3-7,12H,1,8-10H2,2H3,(H,17,18). The lowest BCUT2D eigenvalue weighted by molar-refractivity contribution is -0.165. The second kappa shape index (κ2) is 9.24. The van der Waals surface area contributed by atoms with Crippen molar-refractivity contribution in [3.63, 3.8) is 0 Å². The van der Waals surface area contributed by atoms with Crippen LogP contribution in [0.4, 0.5) is 0 Å². The van der Waals surface area contributed by atoms with E-state index in [-0.39, 0.29) is 18.8 Å². The zero-order valence-electron chi connectivity index (χ0n) is 12.7. The number of hydrogen-bond donors (Lipinski definition) is 1. The van der Waals surface area contributed by atoms with Crippen LogP contribution in [0.15, 0.2) is 42.5 Å². The minimum absolute atomic E-state index is 0.00824. The highest BCUT2D eigenvalue weighted by Crippen LogP contribution is 2.08. The molecule has 0 aromatic heterocycles. The zero-order chi connectivity index (χ0) is 17.2. The number of carbonyl (C=O) groups excluding carboxylic acids is 2. The molecule has 0 saturated heterocycles. The van der Waals surface area contributed by atoms with Crippen LogP contribution in [-0.4, -0.2) is 42.3 Å². The molecule has 0 aliphatic rings. The van der Waals surface area contributed by atoms with Crippen molar-refractivity contribution in [1.29, 1.82) is 0 Å². The summed E-state index contributed by atoms with van der Waals surface area (Å²) in [6, 6.07) is 9.00. The van der Waals surface area contributed by atoms with E-state index in [1.165, 1.54) is 6.92 Å². The molecule has 1 N–H and O–H groups in total. The molecule has 1 aromatic carbocycles. The van der Waals surface area contributed by atoms with Crippen LogP contribution in [0.5, 0.6) is 5.75 Å². The normalized spacial score (nSPS) is 11.2. The summed E-state index contributed by atoms with van der Waals surface area (Å²) in [6.07, 6.45) is -1.71. The third kappa shape index (κ3) is 7.12. The molecular formula is C16H18O7. The maximum Gasteiger partial charge on any atom is 0.347 e. The van der Waals surface area contributed by atoms with Crippen LogP contribution >= 0.6 is 0 Å². The van der Waals surface area contributed by atoms with Crippen molar-refractivity contribution < 1.29 is 33.7 Å². The molecule has 0 heterocycles. The van der Waals surface area contributed by atoms with E-state index in [0.29, 0.717) is 5.75 Å². The molecule has 0 spiro atoms. The van der Waals surface area contributed by atoms with Gasteiger partial charge in [-0.25, -0.2) is 9.59 Å². The molecule has 1 unspecified atom stereocenters. The van der Waals surface area contributed by atoms with Gasteiger partial charge in [0.2, 0.25) is 0 Å². The highest BCUT2D eigenvalue weighted by molar-refractivity contribution is 5.94. The van der Waals surface area contributed by atoms with Crippen molar-refractivity contribution in [1.82, 2.24) is 0 Å². The second-order valence-corrected chi connectivity index (χ2v) is 4.55. The van der Waals surface area contributed by atoms with E-state index in [1.54, 1.807) is 12.1 Å². The lowest BCUT2D eigenvalue weighted by atomic mass is 10.2. The predicted molar refractivity (Wildman–Crippen MR) is 79.8 cm³/mol. The number of ether oxygens (including phenoxy) is 3. The first-order valence-corrected chi connectivity index (χ1v) is 6.85. The average Bonchev–Trinajstić information content (AvgIpc) is 2.51. The van der Waals surface area contributed by atoms with Crippen molar-refractivity contribution in [2.45, 2.75) is 19.4 Å². The van der Waals surface area contributed by atoms with Gasteiger partial charge in [0, 0.05) is 5.57 Å². The molecule has 23 heavy (non-hydrogen) atoms. The van der Waals surface area contributed by atoms with Gasteiger partial charge in [0.15, 0.2) is 6.10 Å². The lowest BCUT2D eigenvalue weighted by Crippen LogP contribution is -2.28. The molecule has 7 heteroatoms. The lowest BCUT2D eigenvalue weighted by Gasteiger charge is -2.13. The molecule has 0 aliphatic carbocycles. The molecule has 1 aromatic rings. The summed E-state index contributed by atoms with van der Waals surface area (Å²) in [5.41, 5.74) is -0.246. The molecule has 0 amide bonds. The SMILES string of the molecule is C=C(CC(=O)O)C(=O)OC(C)C(=O)OCCOc1ccccc1. The summed E-state index contributed by atoms with van der Waals surface area (Å²) in [5.74, 6) is -2.26. The fourth-order valence-corrected chi connectivity index (χ4v) is 1.48. The van der Waals surface area contributed by atoms with Crippen molar-refractivity contribution >= 4 is 17.9 Å². The summed E-state index contributed by atoms with van der Waals surface area (Å²) in [5, 5.41) is 8.54. The first-order valence-electron chi connectivity index (χ1n) is 6.85. The van der Waals surface area contributed by atoms with E-state index >= 15 is 0 Å². The number of para-hydroxylation sites is 1. The Morgan fingerprint density at radius 2 is 1.83 bits per heavy atom. The Kier molecular flexibility index (Phi) is 7.32. The Morgan fingerprint density at radius 1 is 1.17 bits per heavy atom. The molecular weight excluding hydrogens is 304 g/mol. The van der Waals surface area contributed by atoms with Gasteiger partial charge in [-0.05, 0) is 19.1 Å². The van der Waals surface area contributed by atoms with Crippen LogP contribution in [0.1, 0.15) is 13.3 Å². The Balaban J connectivity index is 2.27. The quantitative estimate of drug-likeness (QED) is 0.418. The van der Waals surface area contributed by atoms with Crippen LogP contribution in [-0.2, 0) is 23.9 Å². The molecule has 1 atom stereocenters. The molecule has 0 fully saturated rings. The Labute approximate surface area is 133 Å². The van der Waals surface area contributed by atoms with Gasteiger partial charge in [-0.2, -0.15) is 0 Å². The van der Waals surface area contributed by atoms with Gasteiger partial charge in [0.05, 0.1) is 6.42 Å². The first-order chi connectivity index (χ1) is 10.9. The first kappa shape index (κ1) is 18.2. The Bertz CT molecular complexity index is 565. The van der Waals surface area contributed by atoms with Crippen LogP contribution in [0.3, 0.4) is 0 Å². The number of esters is 2. The maximum absolute atomic E-state index is 11.6. The smallest absolute Gasteiger partial charge is 0.347 e. The number of carboxylic acid groups (broad SMARTS) is 1.